The first-order valence-electron chi connectivity index (χ1n) is 6.08. The summed E-state index contributed by atoms with van der Waals surface area (Å²) in [6.07, 6.45) is 0.313. The smallest absolute Gasteiger partial charge is 0.142 e. The zero-order valence-electron chi connectivity index (χ0n) is 11.1. The molecule has 1 unspecified atom stereocenters. The van der Waals surface area contributed by atoms with E-state index in [1.54, 1.807) is 13.0 Å². The Labute approximate surface area is 136 Å². The van der Waals surface area contributed by atoms with Gasteiger partial charge in [0.1, 0.15) is 11.6 Å². The Morgan fingerprint density at radius 3 is 2.19 bits per heavy atom. The fourth-order valence-electron chi connectivity index (χ4n) is 2.13. The van der Waals surface area contributed by atoms with Crippen molar-refractivity contribution in [3.63, 3.8) is 0 Å². The third-order valence-electron chi connectivity index (χ3n) is 3.18. The SMILES string of the molecule is CC(N)(Cc1ccc(F)c(Cl)c1)c1cc(F)c(Cl)cc1Cl. The van der Waals surface area contributed by atoms with Crippen molar-refractivity contribution < 1.29 is 8.78 Å². The summed E-state index contributed by atoms with van der Waals surface area (Å²) in [7, 11) is 0. The Morgan fingerprint density at radius 1 is 0.952 bits per heavy atom. The van der Waals surface area contributed by atoms with Gasteiger partial charge in [0.2, 0.25) is 0 Å². The van der Waals surface area contributed by atoms with Crippen molar-refractivity contribution in [2.75, 3.05) is 0 Å². The monoisotopic (exact) mass is 349 g/mol. The van der Waals surface area contributed by atoms with Crippen LogP contribution in [0.2, 0.25) is 15.1 Å². The van der Waals surface area contributed by atoms with Crippen LogP contribution < -0.4 is 5.73 Å². The molecule has 0 spiro atoms. The van der Waals surface area contributed by atoms with Crippen LogP contribution in [0.25, 0.3) is 0 Å². The van der Waals surface area contributed by atoms with Crippen LogP contribution in [0.5, 0.6) is 0 Å². The van der Waals surface area contributed by atoms with Crippen LogP contribution in [0.1, 0.15) is 18.1 Å². The van der Waals surface area contributed by atoms with Gasteiger partial charge >= 0.3 is 0 Å². The highest BCUT2D eigenvalue weighted by Gasteiger charge is 2.26. The molecule has 1 nitrogen and oxygen atoms in total. The molecule has 2 aromatic carbocycles. The van der Waals surface area contributed by atoms with Crippen LogP contribution in [-0.4, -0.2) is 0 Å². The van der Waals surface area contributed by atoms with Crippen molar-refractivity contribution in [2.45, 2.75) is 18.9 Å². The molecule has 112 valence electrons. The lowest BCUT2D eigenvalue weighted by molar-refractivity contribution is 0.486. The molecule has 21 heavy (non-hydrogen) atoms. The summed E-state index contributed by atoms with van der Waals surface area (Å²) < 4.78 is 26.8. The molecule has 0 aromatic heterocycles. The van der Waals surface area contributed by atoms with Gasteiger partial charge in [-0.15, -0.1) is 0 Å². The van der Waals surface area contributed by atoms with E-state index in [9.17, 15) is 8.78 Å². The Balaban J connectivity index is 2.37. The van der Waals surface area contributed by atoms with E-state index in [1.807, 2.05) is 0 Å². The van der Waals surface area contributed by atoms with Gasteiger partial charge in [0, 0.05) is 10.6 Å². The lowest BCUT2D eigenvalue weighted by atomic mass is 9.86. The lowest BCUT2D eigenvalue weighted by Gasteiger charge is -2.27. The molecule has 0 fully saturated rings. The van der Waals surface area contributed by atoms with Gasteiger partial charge in [0.25, 0.3) is 0 Å². The molecule has 0 saturated carbocycles. The van der Waals surface area contributed by atoms with Crippen molar-refractivity contribution >= 4 is 34.8 Å². The molecule has 0 radical (unpaired) electrons. The molecule has 0 amide bonds. The second-order valence-corrected chi connectivity index (χ2v) is 6.31. The van der Waals surface area contributed by atoms with E-state index in [-0.39, 0.29) is 15.1 Å². The molecule has 1 atom stereocenters. The van der Waals surface area contributed by atoms with Crippen LogP contribution in [0.15, 0.2) is 30.3 Å². The largest absolute Gasteiger partial charge is 0.321 e. The first-order chi connectivity index (χ1) is 9.70. The molecule has 0 aliphatic heterocycles. The van der Waals surface area contributed by atoms with Gasteiger partial charge in [0.15, 0.2) is 0 Å². The molecule has 2 rings (SSSR count). The normalized spacial score (nSPS) is 14.0. The molecule has 0 saturated heterocycles. The van der Waals surface area contributed by atoms with E-state index in [4.69, 9.17) is 40.5 Å². The number of halogens is 5. The maximum Gasteiger partial charge on any atom is 0.142 e. The topological polar surface area (TPSA) is 26.0 Å². The summed E-state index contributed by atoms with van der Waals surface area (Å²) >= 11 is 17.5. The van der Waals surface area contributed by atoms with Crippen molar-refractivity contribution in [3.8, 4) is 0 Å². The molecule has 0 heterocycles. The van der Waals surface area contributed by atoms with Crippen LogP contribution >= 0.6 is 34.8 Å². The van der Waals surface area contributed by atoms with Gasteiger partial charge in [-0.1, -0.05) is 40.9 Å². The summed E-state index contributed by atoms with van der Waals surface area (Å²) in [5.74, 6) is -1.10. The molecule has 2 N–H and O–H groups in total. The average molecular weight is 351 g/mol. The highest BCUT2D eigenvalue weighted by atomic mass is 35.5. The Kier molecular flexibility index (Phi) is 4.79. The Morgan fingerprint density at radius 2 is 1.57 bits per heavy atom. The maximum atomic E-state index is 13.6. The van der Waals surface area contributed by atoms with Gasteiger partial charge in [-0.05, 0) is 48.7 Å². The minimum Gasteiger partial charge on any atom is -0.321 e. The van der Waals surface area contributed by atoms with E-state index >= 15 is 0 Å². The van der Waals surface area contributed by atoms with E-state index in [0.29, 0.717) is 12.0 Å². The van der Waals surface area contributed by atoms with Crippen molar-refractivity contribution in [3.05, 3.63) is 68.2 Å². The van der Waals surface area contributed by atoms with Crippen molar-refractivity contribution in [2.24, 2.45) is 5.73 Å². The standard InChI is InChI=1S/C15H12Cl3F2N/c1-15(21,7-8-2-3-13(19)11(17)4-8)9-5-14(20)12(18)6-10(9)16/h2-6H,7,21H2,1H3. The van der Waals surface area contributed by atoms with Crippen LogP contribution in [-0.2, 0) is 12.0 Å². The summed E-state index contributed by atoms with van der Waals surface area (Å²) in [5.41, 5.74) is 6.44. The predicted molar refractivity (Wildman–Crippen MR) is 83.1 cm³/mol. The first kappa shape index (κ1) is 16.5. The number of benzene rings is 2. The van der Waals surface area contributed by atoms with Crippen molar-refractivity contribution in [1.82, 2.24) is 0 Å². The zero-order chi connectivity index (χ0) is 15.8. The summed E-state index contributed by atoms with van der Waals surface area (Å²) in [4.78, 5) is 0. The van der Waals surface area contributed by atoms with E-state index in [0.717, 1.165) is 5.56 Å². The molecule has 0 aliphatic rings. The number of hydrogen-bond acceptors (Lipinski definition) is 1. The average Bonchev–Trinajstić information content (AvgIpc) is 2.37. The number of rotatable bonds is 3. The van der Waals surface area contributed by atoms with Crippen LogP contribution in [0, 0.1) is 11.6 Å². The van der Waals surface area contributed by atoms with E-state index in [2.05, 4.69) is 0 Å². The lowest BCUT2D eigenvalue weighted by Crippen LogP contribution is -2.36. The quantitative estimate of drug-likeness (QED) is 0.743. The second kappa shape index (κ2) is 6.09. The number of nitrogens with two attached hydrogens (primary N) is 1. The second-order valence-electron chi connectivity index (χ2n) is 5.09. The molecular formula is C15H12Cl3F2N. The van der Waals surface area contributed by atoms with Crippen molar-refractivity contribution in [1.29, 1.82) is 0 Å². The Hall–Kier alpha value is -0.870. The minimum absolute atomic E-state index is 0.0108. The van der Waals surface area contributed by atoms with Gasteiger partial charge in [-0.25, -0.2) is 8.78 Å². The van der Waals surface area contributed by atoms with Gasteiger partial charge in [-0.3, -0.25) is 0 Å². The molecule has 0 bridgehead atoms. The van der Waals surface area contributed by atoms with E-state index in [1.165, 1.54) is 24.3 Å². The Bertz CT molecular complexity index is 687. The third-order valence-corrected chi connectivity index (χ3v) is 4.07. The maximum absolute atomic E-state index is 13.6. The molecule has 2 aromatic rings. The fourth-order valence-corrected chi connectivity index (χ4v) is 2.93. The highest BCUT2D eigenvalue weighted by molar-refractivity contribution is 6.35. The molecular weight excluding hydrogens is 339 g/mol. The fraction of sp³-hybridized carbons (Fsp3) is 0.200. The van der Waals surface area contributed by atoms with Gasteiger partial charge < -0.3 is 5.73 Å². The van der Waals surface area contributed by atoms with Crippen LogP contribution in [0.3, 0.4) is 0 Å². The third kappa shape index (κ3) is 3.67. The zero-order valence-corrected chi connectivity index (χ0v) is 13.3. The first-order valence-corrected chi connectivity index (χ1v) is 7.22. The minimum atomic E-state index is -0.955. The molecule has 6 heteroatoms. The van der Waals surface area contributed by atoms with Crippen LogP contribution in [0.4, 0.5) is 8.78 Å². The summed E-state index contributed by atoms with van der Waals surface area (Å²) in [6.45, 7) is 1.71. The van der Waals surface area contributed by atoms with Gasteiger partial charge in [0.05, 0.1) is 10.0 Å². The van der Waals surface area contributed by atoms with Gasteiger partial charge in [-0.2, -0.15) is 0 Å². The predicted octanol–water partition coefficient (Wildman–Crippen LogP) is 5.34. The summed E-state index contributed by atoms with van der Waals surface area (Å²) in [6, 6.07) is 6.86. The summed E-state index contributed by atoms with van der Waals surface area (Å²) in [5, 5.41) is 0.223. The highest BCUT2D eigenvalue weighted by Crippen LogP contribution is 2.33. The van der Waals surface area contributed by atoms with E-state index < -0.39 is 17.2 Å². The number of hydrogen-bond donors (Lipinski definition) is 1. The molecule has 0 aliphatic carbocycles.